The molecule has 0 saturated carbocycles. The van der Waals surface area contributed by atoms with E-state index in [0.717, 1.165) is 0 Å². The number of sulfonamides is 1. The summed E-state index contributed by atoms with van der Waals surface area (Å²) in [6.07, 6.45) is -7.02. The van der Waals surface area contributed by atoms with E-state index in [2.05, 4.69) is 91.0 Å². The van der Waals surface area contributed by atoms with Crippen molar-refractivity contribution in [2.24, 2.45) is 4.40 Å². The molecule has 0 fully saturated rings. The average Bonchev–Trinajstić information content (AvgIpc) is 2.85. The van der Waals surface area contributed by atoms with Gasteiger partial charge in [-0.25, -0.2) is 0 Å². The number of hydrogen-bond donors (Lipinski definition) is 0. The van der Waals surface area contributed by atoms with E-state index < -0.39 is 39.5 Å². The molecule has 16 heteroatoms. The van der Waals surface area contributed by atoms with E-state index in [1.165, 1.54) is 14.7 Å². The van der Waals surface area contributed by atoms with Gasteiger partial charge in [0.05, 0.1) is 16.8 Å². The zero-order valence-electron chi connectivity index (χ0n) is 18.9. The van der Waals surface area contributed by atoms with Gasteiger partial charge in [0, 0.05) is 0 Å². The van der Waals surface area contributed by atoms with E-state index in [1.54, 1.807) is 0 Å². The highest BCUT2D eigenvalue weighted by atomic mass is 32.2. The van der Waals surface area contributed by atoms with Crippen molar-refractivity contribution in [3.8, 4) is 0 Å². The maximum atomic E-state index is 12.5. The zero-order valence-corrected chi connectivity index (χ0v) is 20.6. The van der Waals surface area contributed by atoms with Crippen LogP contribution in [0.5, 0.6) is 0 Å². The fourth-order valence-corrected chi connectivity index (χ4v) is 5.15. The van der Waals surface area contributed by atoms with Gasteiger partial charge in [-0.15, -0.1) is 0 Å². The maximum absolute atomic E-state index is 12.5. The first-order valence-electron chi connectivity index (χ1n) is 10.1. The van der Waals surface area contributed by atoms with Crippen LogP contribution in [0.3, 0.4) is 0 Å². The maximum Gasteiger partial charge on any atom is 0.518 e. The molecule has 0 bridgehead atoms. The summed E-state index contributed by atoms with van der Waals surface area (Å²) in [6.45, 7) is 0. The minimum absolute atomic E-state index is 0.0146. The van der Waals surface area contributed by atoms with Crippen LogP contribution in [0.15, 0.2) is 110 Å². The van der Waals surface area contributed by atoms with E-state index >= 15 is 0 Å². The molecule has 0 unspecified atom stereocenters. The van der Waals surface area contributed by atoms with Crippen molar-refractivity contribution < 1.29 is 57.4 Å². The lowest BCUT2D eigenvalue weighted by molar-refractivity contribution is -0.357. The molecule has 4 nitrogen and oxygen atoms in total. The molecule has 0 aliphatic rings. The Kier molecular flexibility index (Phi) is 9.71. The van der Waals surface area contributed by atoms with Crippen LogP contribution in [-0.4, -0.2) is 37.8 Å². The van der Waals surface area contributed by atoms with Crippen LogP contribution in [0.4, 0.5) is 43.9 Å². The van der Waals surface area contributed by atoms with Gasteiger partial charge in [0.2, 0.25) is 0 Å². The zero-order chi connectivity index (χ0) is 29.7. The Bertz CT molecular complexity index is 1250. The van der Waals surface area contributed by atoms with Gasteiger partial charge in [0.15, 0.2) is 14.7 Å². The van der Waals surface area contributed by atoms with Crippen LogP contribution >= 0.6 is 0 Å². The normalized spacial score (nSPS) is 13.6. The highest BCUT2D eigenvalue weighted by molar-refractivity contribution is 7.97. The lowest BCUT2D eigenvalue weighted by atomic mass is 10.1. The van der Waals surface area contributed by atoms with Gasteiger partial charge in [0.1, 0.15) is 0 Å². The molecule has 0 heterocycles. The van der Waals surface area contributed by atoms with Crippen LogP contribution < -0.4 is 5.11 Å². The first kappa shape index (κ1) is 31.9. The molecule has 0 aliphatic heterocycles. The summed E-state index contributed by atoms with van der Waals surface area (Å²) in [5, 5.41) is 10.2. The van der Waals surface area contributed by atoms with Gasteiger partial charge in [0.25, 0.3) is 0 Å². The summed E-state index contributed by atoms with van der Waals surface area (Å²) >= 11 is 0. The average molecular weight is 607 g/mol. The van der Waals surface area contributed by atoms with Gasteiger partial charge >= 0.3 is 33.6 Å². The van der Waals surface area contributed by atoms with Crippen molar-refractivity contribution in [1.29, 1.82) is 0 Å². The summed E-state index contributed by atoms with van der Waals surface area (Å²) in [4.78, 5) is 4.08. The van der Waals surface area contributed by atoms with Crippen molar-refractivity contribution in [3.05, 3.63) is 91.0 Å². The molecule has 0 N–H and O–H groups in total. The monoisotopic (exact) mass is 607 g/mol. The van der Waals surface area contributed by atoms with Crippen molar-refractivity contribution in [2.45, 2.75) is 38.2 Å². The Labute approximate surface area is 218 Å². The molecule has 0 atom stereocenters. The molecule has 3 aromatic rings. The largest absolute Gasteiger partial charge is 0.857 e. The second-order valence-corrected chi connectivity index (χ2v) is 10.8. The van der Waals surface area contributed by atoms with Gasteiger partial charge < -0.3 is 5.11 Å². The number of hydrogen-bond acceptors (Lipinski definition) is 3. The number of alkyl halides is 10. The Balaban J connectivity index is 0.000000273. The van der Waals surface area contributed by atoms with Gasteiger partial charge in [-0.1, -0.05) is 54.6 Å². The van der Waals surface area contributed by atoms with Crippen molar-refractivity contribution in [2.75, 3.05) is 0 Å². The summed E-state index contributed by atoms with van der Waals surface area (Å²) in [5.74, 6) is -18.0. The minimum Gasteiger partial charge on any atom is -0.857 e. The van der Waals surface area contributed by atoms with E-state index in [-0.39, 0.29) is 10.9 Å². The molecule has 3 rings (SSSR count). The van der Waals surface area contributed by atoms with Crippen LogP contribution in [0.25, 0.3) is 0 Å². The smallest absolute Gasteiger partial charge is 0.518 e. The number of benzene rings is 3. The molecule has 0 radical (unpaired) electrons. The van der Waals surface area contributed by atoms with Gasteiger partial charge in [-0.05, 0) is 36.4 Å². The molecule has 0 saturated heterocycles. The molecule has 39 heavy (non-hydrogen) atoms. The second-order valence-electron chi connectivity index (χ2n) is 7.21. The Hall–Kier alpha value is -3.27. The van der Waals surface area contributed by atoms with Crippen LogP contribution in [0.1, 0.15) is 0 Å². The molecular formula is C23H15F10NO3S2. The van der Waals surface area contributed by atoms with E-state index in [9.17, 15) is 57.4 Å². The topological polar surface area (TPSA) is 69.6 Å². The summed E-state index contributed by atoms with van der Waals surface area (Å²) < 4.78 is 140. The Morgan fingerprint density at radius 1 is 0.615 bits per heavy atom. The molecule has 0 aliphatic carbocycles. The molecule has 0 spiro atoms. The van der Waals surface area contributed by atoms with Crippen LogP contribution in [0, 0.1) is 0 Å². The third-order valence-corrected chi connectivity index (χ3v) is 7.67. The molecule has 0 amide bonds. The summed E-state index contributed by atoms with van der Waals surface area (Å²) in [6, 6.07) is 32.2. The fourth-order valence-electron chi connectivity index (χ4n) is 2.61. The highest BCUT2D eigenvalue weighted by Gasteiger charge is 2.73. The predicted molar refractivity (Wildman–Crippen MR) is 120 cm³/mol. The fraction of sp³-hybridized carbons (Fsp3) is 0.174. The first-order valence-corrected chi connectivity index (χ1v) is 12.8. The van der Waals surface area contributed by atoms with E-state index in [1.807, 2.05) is 0 Å². The number of rotatable bonds is 6. The van der Waals surface area contributed by atoms with Gasteiger partial charge in [-0.2, -0.15) is 56.7 Å². The Morgan fingerprint density at radius 2 is 0.923 bits per heavy atom. The molecule has 3 aromatic carbocycles. The summed E-state index contributed by atoms with van der Waals surface area (Å²) in [5.41, 5.74) is -6.42. The minimum atomic E-state index is -7.11. The lowest BCUT2D eigenvalue weighted by Crippen LogP contribution is -2.59. The van der Waals surface area contributed by atoms with Gasteiger partial charge in [-0.3, -0.25) is 0 Å². The first-order chi connectivity index (χ1) is 17.8. The molecule has 212 valence electrons. The van der Waals surface area contributed by atoms with E-state index in [4.69, 9.17) is 0 Å². The number of nitrogens with zero attached hydrogens (tertiary/aromatic N) is 1. The SMILES string of the molecule is O=S(=O)(N=C([O-])C(F)(F)C(F)(F)C(F)(F)F)C(F)(F)F.c1ccc([S+](c2ccccc2)c2ccccc2)cc1. The molecular weight excluding hydrogens is 592 g/mol. The lowest BCUT2D eigenvalue weighted by Gasteiger charge is -2.31. The van der Waals surface area contributed by atoms with Crippen molar-refractivity contribution >= 4 is 26.8 Å². The quantitative estimate of drug-likeness (QED) is 0.145. The predicted octanol–water partition coefficient (Wildman–Crippen LogP) is 6.21. The summed E-state index contributed by atoms with van der Waals surface area (Å²) in [7, 11) is -7.01. The van der Waals surface area contributed by atoms with Crippen LogP contribution in [-0.2, 0) is 20.9 Å². The van der Waals surface area contributed by atoms with Crippen molar-refractivity contribution in [1.82, 2.24) is 0 Å². The van der Waals surface area contributed by atoms with E-state index in [0.29, 0.717) is 4.40 Å². The molecule has 0 aromatic heterocycles. The third-order valence-electron chi connectivity index (χ3n) is 4.45. The third kappa shape index (κ3) is 7.44. The number of halogens is 10. The standard InChI is InChI=1S/C18H15S.C5HF10NO3S/c1-4-10-16(11-5-1)19(17-12-6-2-7-13-17)18-14-8-3-9-15-18;6-2(7,3(8,9)4(10,11)12)1(17)16-20(18,19)5(13,14)15/h1-15H;(H,16,17)/q+1;/p-1. The second kappa shape index (κ2) is 11.9. The Morgan fingerprint density at radius 3 is 1.18 bits per heavy atom. The van der Waals surface area contributed by atoms with Crippen LogP contribution in [0.2, 0.25) is 0 Å². The van der Waals surface area contributed by atoms with Crippen molar-refractivity contribution in [3.63, 3.8) is 0 Å². The highest BCUT2D eigenvalue weighted by Crippen LogP contribution is 2.46.